The number of carbonyl (C=O) groups excluding carboxylic acids is 1. The summed E-state index contributed by atoms with van der Waals surface area (Å²) in [5.74, 6) is 0.169. The van der Waals surface area contributed by atoms with Crippen molar-refractivity contribution in [1.29, 1.82) is 0 Å². The number of rotatable bonds is 6. The predicted octanol–water partition coefficient (Wildman–Crippen LogP) is 0.714. The topological polar surface area (TPSA) is 58.4 Å². The monoisotopic (exact) mass is 239 g/mol. The van der Waals surface area contributed by atoms with Crippen molar-refractivity contribution in [2.75, 3.05) is 20.1 Å². The molecule has 4 nitrogen and oxygen atoms in total. The molecule has 17 heavy (non-hydrogen) atoms. The molecule has 0 aromatic carbocycles. The third-order valence-corrected chi connectivity index (χ3v) is 4.56. The first-order valence-electron chi connectivity index (χ1n) is 6.79. The van der Waals surface area contributed by atoms with Crippen LogP contribution in [0.5, 0.6) is 0 Å². The molecule has 1 atom stereocenters. The van der Waals surface area contributed by atoms with Crippen LogP contribution in [0.15, 0.2) is 0 Å². The summed E-state index contributed by atoms with van der Waals surface area (Å²) >= 11 is 0. The van der Waals surface area contributed by atoms with Crippen molar-refractivity contribution in [3.63, 3.8) is 0 Å². The third-order valence-electron chi connectivity index (χ3n) is 4.56. The van der Waals surface area contributed by atoms with Gasteiger partial charge in [-0.3, -0.25) is 9.69 Å². The van der Waals surface area contributed by atoms with Gasteiger partial charge >= 0.3 is 0 Å². The molecule has 4 heteroatoms. The van der Waals surface area contributed by atoms with E-state index in [0.717, 1.165) is 31.8 Å². The Labute approximate surface area is 104 Å². The first kappa shape index (κ1) is 12.8. The van der Waals surface area contributed by atoms with Gasteiger partial charge in [0, 0.05) is 25.2 Å². The smallest absolute Gasteiger partial charge is 0.227 e. The van der Waals surface area contributed by atoms with Crippen LogP contribution < -0.4 is 11.1 Å². The van der Waals surface area contributed by atoms with Crippen LogP contribution in [0.25, 0.3) is 0 Å². The zero-order chi connectivity index (χ0) is 12.5. The van der Waals surface area contributed by atoms with E-state index in [1.807, 2.05) is 0 Å². The molecule has 0 spiro atoms. The Kier molecular flexibility index (Phi) is 3.73. The maximum Gasteiger partial charge on any atom is 0.227 e. The molecule has 98 valence electrons. The summed E-state index contributed by atoms with van der Waals surface area (Å²) in [6, 6.07) is 1.16. The van der Waals surface area contributed by atoms with Gasteiger partial charge in [0.2, 0.25) is 5.91 Å². The zero-order valence-corrected chi connectivity index (χ0v) is 11.0. The average molecular weight is 239 g/mol. The summed E-state index contributed by atoms with van der Waals surface area (Å²) in [7, 11) is 2.15. The molecule has 2 saturated carbocycles. The second kappa shape index (κ2) is 4.94. The van der Waals surface area contributed by atoms with Gasteiger partial charge in [-0.05, 0) is 39.7 Å². The highest BCUT2D eigenvalue weighted by atomic mass is 16.2. The van der Waals surface area contributed by atoms with Crippen LogP contribution in [0.1, 0.15) is 39.0 Å². The van der Waals surface area contributed by atoms with Crippen molar-refractivity contribution in [1.82, 2.24) is 10.2 Å². The molecule has 2 aliphatic rings. The maximum absolute atomic E-state index is 12.1. The van der Waals surface area contributed by atoms with E-state index in [4.69, 9.17) is 5.73 Å². The van der Waals surface area contributed by atoms with Crippen LogP contribution >= 0.6 is 0 Å². The molecular weight excluding hydrogens is 214 g/mol. The molecule has 0 aliphatic heterocycles. The number of amides is 1. The number of nitrogens with zero attached hydrogens (tertiary/aromatic N) is 1. The van der Waals surface area contributed by atoms with Crippen molar-refractivity contribution < 1.29 is 4.79 Å². The Morgan fingerprint density at radius 1 is 1.53 bits per heavy atom. The van der Waals surface area contributed by atoms with Crippen LogP contribution in [0, 0.1) is 5.41 Å². The van der Waals surface area contributed by atoms with E-state index in [0.29, 0.717) is 12.6 Å². The fourth-order valence-corrected chi connectivity index (χ4v) is 2.54. The summed E-state index contributed by atoms with van der Waals surface area (Å²) in [4.78, 5) is 14.5. The van der Waals surface area contributed by atoms with Crippen LogP contribution in [-0.4, -0.2) is 43.0 Å². The second-order valence-electron chi connectivity index (χ2n) is 5.79. The lowest BCUT2D eigenvalue weighted by molar-refractivity contribution is -0.135. The first-order chi connectivity index (χ1) is 8.09. The molecule has 0 bridgehead atoms. The summed E-state index contributed by atoms with van der Waals surface area (Å²) in [6.45, 7) is 3.41. The number of nitrogens with two attached hydrogens (primary N) is 1. The number of likely N-dealkylation sites (N-methyl/N-ethyl adjacent to an activating group) is 1. The average Bonchev–Trinajstić information content (AvgIpc) is 3.07. The molecule has 2 aliphatic carbocycles. The summed E-state index contributed by atoms with van der Waals surface area (Å²) < 4.78 is 0. The van der Waals surface area contributed by atoms with E-state index < -0.39 is 0 Å². The number of hydrogen-bond donors (Lipinski definition) is 2. The Hall–Kier alpha value is -0.610. The number of carbonyl (C=O) groups is 1. The lowest BCUT2D eigenvalue weighted by Crippen LogP contribution is -2.52. The molecule has 0 aromatic rings. The van der Waals surface area contributed by atoms with Crippen molar-refractivity contribution in [3.05, 3.63) is 0 Å². The predicted molar refractivity (Wildman–Crippen MR) is 68.6 cm³/mol. The standard InChI is InChI=1S/C13H25N3O/c1-10(16(2)11-4-5-11)8-15-12(17)13(9-14)6-3-7-13/h10-11H,3-9,14H2,1-2H3,(H,15,17). The molecule has 0 radical (unpaired) electrons. The van der Waals surface area contributed by atoms with E-state index in [-0.39, 0.29) is 11.3 Å². The van der Waals surface area contributed by atoms with E-state index >= 15 is 0 Å². The van der Waals surface area contributed by atoms with Crippen LogP contribution in [0.2, 0.25) is 0 Å². The van der Waals surface area contributed by atoms with Gasteiger partial charge in [0.25, 0.3) is 0 Å². The van der Waals surface area contributed by atoms with Gasteiger partial charge in [-0.25, -0.2) is 0 Å². The minimum atomic E-state index is -0.238. The molecule has 1 unspecified atom stereocenters. The van der Waals surface area contributed by atoms with Crippen LogP contribution in [0.4, 0.5) is 0 Å². The van der Waals surface area contributed by atoms with Gasteiger partial charge in [0.1, 0.15) is 0 Å². The molecule has 2 rings (SSSR count). The van der Waals surface area contributed by atoms with Crippen LogP contribution in [0.3, 0.4) is 0 Å². The SMILES string of the molecule is CC(CNC(=O)C1(CN)CCC1)N(C)C1CC1. The normalized spacial score (nSPS) is 24.2. The minimum Gasteiger partial charge on any atom is -0.354 e. The van der Waals surface area contributed by atoms with E-state index in [9.17, 15) is 4.79 Å². The molecule has 0 aromatic heterocycles. The first-order valence-corrected chi connectivity index (χ1v) is 6.79. The van der Waals surface area contributed by atoms with Gasteiger partial charge in [-0.1, -0.05) is 6.42 Å². The molecule has 0 heterocycles. The Morgan fingerprint density at radius 2 is 2.18 bits per heavy atom. The molecule has 2 fully saturated rings. The number of nitrogens with one attached hydrogen (secondary N) is 1. The van der Waals surface area contributed by atoms with Crippen molar-refractivity contribution in [3.8, 4) is 0 Å². The second-order valence-corrected chi connectivity index (χ2v) is 5.79. The fourth-order valence-electron chi connectivity index (χ4n) is 2.54. The maximum atomic E-state index is 12.1. The molecule has 3 N–H and O–H groups in total. The minimum absolute atomic E-state index is 0.169. The highest BCUT2D eigenvalue weighted by Crippen LogP contribution is 2.40. The zero-order valence-electron chi connectivity index (χ0n) is 11.0. The Balaban J connectivity index is 1.75. The molecule has 0 saturated heterocycles. The molecular formula is C13H25N3O. The Morgan fingerprint density at radius 3 is 2.59 bits per heavy atom. The summed E-state index contributed by atoms with van der Waals surface area (Å²) in [5, 5.41) is 3.08. The van der Waals surface area contributed by atoms with Gasteiger partial charge in [0.05, 0.1) is 5.41 Å². The van der Waals surface area contributed by atoms with Crippen molar-refractivity contribution in [2.24, 2.45) is 11.1 Å². The van der Waals surface area contributed by atoms with Gasteiger partial charge < -0.3 is 11.1 Å². The van der Waals surface area contributed by atoms with Crippen LogP contribution in [-0.2, 0) is 4.79 Å². The highest BCUT2D eigenvalue weighted by Gasteiger charge is 2.42. The van der Waals surface area contributed by atoms with Crippen molar-refractivity contribution >= 4 is 5.91 Å². The summed E-state index contributed by atoms with van der Waals surface area (Å²) in [6.07, 6.45) is 5.68. The lowest BCUT2D eigenvalue weighted by atomic mass is 9.68. The van der Waals surface area contributed by atoms with Gasteiger partial charge in [0.15, 0.2) is 0 Å². The van der Waals surface area contributed by atoms with E-state index in [1.165, 1.54) is 12.8 Å². The molecule has 1 amide bonds. The fraction of sp³-hybridized carbons (Fsp3) is 0.923. The van der Waals surface area contributed by atoms with Gasteiger partial charge in [-0.2, -0.15) is 0 Å². The van der Waals surface area contributed by atoms with Crippen molar-refractivity contribution in [2.45, 2.75) is 51.1 Å². The third kappa shape index (κ3) is 2.63. The van der Waals surface area contributed by atoms with E-state index in [1.54, 1.807) is 0 Å². The highest BCUT2D eigenvalue weighted by molar-refractivity contribution is 5.83. The number of hydrogen-bond acceptors (Lipinski definition) is 3. The van der Waals surface area contributed by atoms with E-state index in [2.05, 4.69) is 24.2 Å². The quantitative estimate of drug-likeness (QED) is 0.718. The van der Waals surface area contributed by atoms with Gasteiger partial charge in [-0.15, -0.1) is 0 Å². The summed E-state index contributed by atoms with van der Waals surface area (Å²) in [5.41, 5.74) is 5.48. The largest absolute Gasteiger partial charge is 0.354 e. The Bertz CT molecular complexity index is 279. The lowest BCUT2D eigenvalue weighted by Gasteiger charge is -2.39.